The van der Waals surface area contributed by atoms with Crippen LogP contribution in [0.25, 0.3) is 0 Å². The fourth-order valence-corrected chi connectivity index (χ4v) is 5.17. The van der Waals surface area contributed by atoms with E-state index in [-0.39, 0.29) is 0 Å². The number of aromatic nitrogens is 2. The van der Waals surface area contributed by atoms with Gasteiger partial charge in [-0.1, -0.05) is 91.0 Å². The molecule has 0 aliphatic rings. The Hall–Kier alpha value is -5.02. The number of aliphatic hydroxyl groups is 1. The maximum Gasteiger partial charge on any atom is 0.128 e. The Morgan fingerprint density at radius 3 is 2.40 bits per heavy atom. The van der Waals surface area contributed by atoms with Gasteiger partial charge in [-0.15, -0.1) is 0 Å². The highest BCUT2D eigenvalue weighted by Crippen LogP contribution is 2.28. The number of halogens is 1. The van der Waals surface area contributed by atoms with E-state index in [0.717, 1.165) is 59.1 Å². The summed E-state index contributed by atoms with van der Waals surface area (Å²) in [5.74, 6) is 0. The van der Waals surface area contributed by atoms with Crippen molar-refractivity contribution in [3.63, 3.8) is 0 Å². The molecule has 0 aliphatic carbocycles. The number of aliphatic imine (C=N–C) groups is 2. The maximum absolute atomic E-state index is 10.9. The largest absolute Gasteiger partial charge is 0.384 e. The summed E-state index contributed by atoms with van der Waals surface area (Å²) in [5.41, 5.74) is 6.52. The molecule has 0 bridgehead atoms. The van der Waals surface area contributed by atoms with E-state index in [4.69, 9.17) is 11.6 Å². The predicted octanol–water partition coefficient (Wildman–Crippen LogP) is 7.27. The molecule has 47 heavy (non-hydrogen) atoms. The molecule has 0 aliphatic heterocycles. The van der Waals surface area contributed by atoms with Crippen LogP contribution in [0, 0.1) is 0 Å². The van der Waals surface area contributed by atoms with Crippen molar-refractivity contribution in [1.29, 1.82) is 0 Å². The molecule has 242 valence electrons. The van der Waals surface area contributed by atoms with E-state index in [1.54, 1.807) is 32.8 Å². The third-order valence-corrected chi connectivity index (χ3v) is 7.65. The van der Waals surface area contributed by atoms with Crippen LogP contribution in [-0.4, -0.2) is 46.8 Å². The number of para-hydroxylation sites is 2. The van der Waals surface area contributed by atoms with Crippen LogP contribution in [0.2, 0.25) is 5.02 Å². The minimum atomic E-state index is -1.06. The van der Waals surface area contributed by atoms with Gasteiger partial charge < -0.3 is 25.6 Å². The Labute approximate surface area is 282 Å². The van der Waals surface area contributed by atoms with Crippen molar-refractivity contribution < 1.29 is 5.11 Å². The quantitative estimate of drug-likeness (QED) is 0.0612. The Morgan fingerprint density at radius 2 is 1.72 bits per heavy atom. The van der Waals surface area contributed by atoms with Crippen molar-refractivity contribution in [2.24, 2.45) is 17.0 Å². The molecule has 9 heteroatoms. The van der Waals surface area contributed by atoms with Crippen LogP contribution in [0.15, 0.2) is 138 Å². The van der Waals surface area contributed by atoms with Gasteiger partial charge in [-0.3, -0.25) is 9.98 Å². The summed E-state index contributed by atoms with van der Waals surface area (Å²) in [6.45, 7) is 8.04. The lowest BCUT2D eigenvalue weighted by Crippen LogP contribution is -2.26. The van der Waals surface area contributed by atoms with Crippen LogP contribution in [-0.2, 0) is 19.2 Å². The van der Waals surface area contributed by atoms with Crippen LogP contribution in [0.1, 0.15) is 34.9 Å². The van der Waals surface area contributed by atoms with Crippen molar-refractivity contribution in [3.05, 3.63) is 161 Å². The zero-order chi connectivity index (χ0) is 33.5. The lowest BCUT2D eigenvalue weighted by atomic mass is 9.92. The molecular weight excluding hydrogens is 606 g/mol. The van der Waals surface area contributed by atoms with E-state index < -0.39 is 5.60 Å². The standard InChI is InChI=1S/C21H26N4O.C17H16ClN3/c1-21(26,20-15-23-16-25(20)2)18-10-8-17(9-11-18)14-22-12-13-24-19-6-4-3-5-7-19;1-3-20-17(13-7-6-8-14(18)11-13)15-9-4-5-10-16(15)21-12-19-2/h3-11,15-16,22,24,26H,12-14H2,1-2H3;3-12H,1H2,2H3,(H,19,21). The predicted molar refractivity (Wildman–Crippen MR) is 197 cm³/mol. The first-order chi connectivity index (χ1) is 22.8. The van der Waals surface area contributed by atoms with Gasteiger partial charge in [-0.05, 0) is 48.4 Å². The summed E-state index contributed by atoms with van der Waals surface area (Å²) in [6, 6.07) is 33.7. The van der Waals surface area contributed by atoms with Crippen LogP contribution in [0.5, 0.6) is 0 Å². The second-order valence-electron chi connectivity index (χ2n) is 10.9. The number of nitrogens with zero attached hydrogens (tertiary/aromatic N) is 4. The molecule has 0 radical (unpaired) electrons. The molecule has 1 heterocycles. The van der Waals surface area contributed by atoms with Gasteiger partial charge in [0.25, 0.3) is 0 Å². The van der Waals surface area contributed by atoms with E-state index in [1.807, 2.05) is 90.5 Å². The Morgan fingerprint density at radius 1 is 0.979 bits per heavy atom. The molecule has 1 aromatic heterocycles. The Balaban J connectivity index is 0.000000218. The molecule has 1 atom stereocenters. The maximum atomic E-state index is 10.9. The number of anilines is 2. The lowest BCUT2D eigenvalue weighted by molar-refractivity contribution is 0.0941. The van der Waals surface area contributed by atoms with Crippen molar-refractivity contribution in [3.8, 4) is 0 Å². The third kappa shape index (κ3) is 9.98. The van der Waals surface area contributed by atoms with E-state index >= 15 is 0 Å². The first kappa shape index (κ1) is 34.8. The SMILES string of the molecule is C=CN=C(c1cccc(Cl)c1)c1ccccc1NC=NC.Cn1cncc1C(C)(O)c1ccc(CNCCNc2ccccc2)cc1. The van der Waals surface area contributed by atoms with Gasteiger partial charge in [0, 0.05) is 67.5 Å². The lowest BCUT2D eigenvalue weighted by Gasteiger charge is -2.24. The van der Waals surface area contributed by atoms with Gasteiger partial charge in [-0.2, -0.15) is 0 Å². The van der Waals surface area contributed by atoms with Crippen LogP contribution in [0.4, 0.5) is 11.4 Å². The summed E-state index contributed by atoms with van der Waals surface area (Å²) in [7, 11) is 3.60. The molecule has 0 spiro atoms. The minimum Gasteiger partial charge on any atom is -0.384 e. The minimum absolute atomic E-state index is 0.671. The number of rotatable bonds is 13. The fourth-order valence-electron chi connectivity index (χ4n) is 4.98. The highest BCUT2D eigenvalue weighted by Gasteiger charge is 2.28. The van der Waals surface area contributed by atoms with Crippen molar-refractivity contribution in [1.82, 2.24) is 14.9 Å². The second kappa shape index (κ2) is 17.6. The topological polar surface area (TPSA) is 98.9 Å². The van der Waals surface area contributed by atoms with Crippen molar-refractivity contribution in [2.45, 2.75) is 19.1 Å². The number of nitrogens with one attached hydrogen (secondary N) is 3. The molecule has 4 aromatic carbocycles. The number of aryl methyl sites for hydroxylation is 1. The summed E-state index contributed by atoms with van der Waals surface area (Å²) in [6.07, 6.45) is 6.57. The zero-order valence-electron chi connectivity index (χ0n) is 27.1. The molecule has 8 nitrogen and oxygen atoms in total. The Kier molecular flexibility index (Phi) is 13.1. The van der Waals surface area contributed by atoms with Crippen molar-refractivity contribution >= 4 is 35.0 Å². The number of hydrogen-bond acceptors (Lipinski definition) is 6. The zero-order valence-corrected chi connectivity index (χ0v) is 27.8. The third-order valence-electron chi connectivity index (χ3n) is 7.42. The number of hydrogen-bond donors (Lipinski definition) is 4. The van der Waals surface area contributed by atoms with Gasteiger partial charge in [0.1, 0.15) is 5.60 Å². The fraction of sp³-hybridized carbons (Fsp3) is 0.184. The van der Waals surface area contributed by atoms with Gasteiger partial charge in [0.15, 0.2) is 0 Å². The summed E-state index contributed by atoms with van der Waals surface area (Å²) in [5, 5.41) is 21.5. The van der Waals surface area contributed by atoms with Crippen LogP contribution in [0.3, 0.4) is 0 Å². The average molecular weight is 648 g/mol. The smallest absolute Gasteiger partial charge is 0.128 e. The van der Waals surface area contributed by atoms with Gasteiger partial charge in [-0.25, -0.2) is 4.98 Å². The van der Waals surface area contributed by atoms with Gasteiger partial charge >= 0.3 is 0 Å². The monoisotopic (exact) mass is 647 g/mol. The Bertz CT molecular complexity index is 1760. The summed E-state index contributed by atoms with van der Waals surface area (Å²) >= 11 is 6.08. The van der Waals surface area contributed by atoms with Crippen LogP contribution >= 0.6 is 11.6 Å². The average Bonchev–Trinajstić information content (AvgIpc) is 3.54. The molecular formula is C38H42ClN7O. The van der Waals surface area contributed by atoms with Crippen LogP contribution < -0.4 is 16.0 Å². The van der Waals surface area contributed by atoms with Crippen molar-refractivity contribution in [2.75, 3.05) is 30.8 Å². The van der Waals surface area contributed by atoms with E-state index in [1.165, 1.54) is 11.8 Å². The highest BCUT2D eigenvalue weighted by molar-refractivity contribution is 6.31. The number of imidazole rings is 1. The molecule has 0 saturated carbocycles. The number of benzene rings is 4. The van der Waals surface area contributed by atoms with E-state index in [2.05, 4.69) is 61.8 Å². The molecule has 0 fully saturated rings. The molecule has 4 N–H and O–H groups in total. The first-order valence-corrected chi connectivity index (χ1v) is 15.7. The van der Waals surface area contributed by atoms with E-state index in [9.17, 15) is 5.11 Å². The first-order valence-electron chi connectivity index (χ1n) is 15.3. The normalized spacial score (nSPS) is 12.6. The molecule has 1 unspecified atom stereocenters. The van der Waals surface area contributed by atoms with Gasteiger partial charge in [0.2, 0.25) is 0 Å². The molecule has 5 aromatic rings. The van der Waals surface area contributed by atoms with E-state index in [0.29, 0.717) is 5.02 Å². The molecule has 0 amide bonds. The molecule has 0 saturated heterocycles. The second-order valence-corrected chi connectivity index (χ2v) is 11.3. The van der Waals surface area contributed by atoms with Gasteiger partial charge in [0.05, 0.1) is 30.3 Å². The summed E-state index contributed by atoms with van der Waals surface area (Å²) in [4.78, 5) is 12.5. The summed E-state index contributed by atoms with van der Waals surface area (Å²) < 4.78 is 1.84. The molecule has 5 rings (SSSR count). The highest BCUT2D eigenvalue weighted by atomic mass is 35.5.